The second-order valence-corrected chi connectivity index (χ2v) is 3.72. The van der Waals surface area contributed by atoms with Crippen LogP contribution >= 0.6 is 0 Å². The van der Waals surface area contributed by atoms with Gasteiger partial charge in [0.25, 0.3) is 0 Å². The molecule has 3 nitrogen and oxygen atoms in total. The Morgan fingerprint density at radius 1 is 0.882 bits per heavy atom. The van der Waals surface area contributed by atoms with Crippen LogP contribution in [0.5, 0.6) is 17.2 Å². The summed E-state index contributed by atoms with van der Waals surface area (Å²) in [6, 6.07) is 13.8. The molecule has 0 aliphatic rings. The lowest BCUT2D eigenvalue weighted by atomic mass is 10.1. The summed E-state index contributed by atoms with van der Waals surface area (Å²) in [5.41, 5.74) is 0.867. The van der Waals surface area contributed by atoms with Crippen LogP contribution < -0.4 is 4.74 Å². The summed E-state index contributed by atoms with van der Waals surface area (Å²) in [5, 5.41) is 18.7. The summed E-state index contributed by atoms with van der Waals surface area (Å²) in [7, 11) is 0. The number of phenolic OH excluding ortho intramolecular Hbond substituents is 2. The molecule has 0 saturated heterocycles. The van der Waals surface area contributed by atoms with Crippen molar-refractivity contribution in [3.05, 3.63) is 54.1 Å². The first-order chi connectivity index (χ1) is 8.25. The van der Waals surface area contributed by atoms with Crippen LogP contribution in [0.3, 0.4) is 0 Å². The fraction of sp³-hybridized carbons (Fsp3) is 0.143. The Balaban J connectivity index is 1.88. The van der Waals surface area contributed by atoms with Gasteiger partial charge in [0.2, 0.25) is 0 Å². The number of para-hydroxylation sites is 1. The van der Waals surface area contributed by atoms with Crippen LogP contribution in [0.15, 0.2) is 48.5 Å². The van der Waals surface area contributed by atoms with Crippen molar-refractivity contribution in [2.75, 3.05) is 6.61 Å². The molecule has 88 valence electrons. The largest absolute Gasteiger partial charge is 0.508 e. The fourth-order valence-electron chi connectivity index (χ4n) is 1.54. The maximum Gasteiger partial charge on any atom is 0.119 e. The maximum absolute atomic E-state index is 9.56. The molecule has 0 fully saturated rings. The molecule has 0 unspecified atom stereocenters. The van der Waals surface area contributed by atoms with E-state index >= 15 is 0 Å². The van der Waals surface area contributed by atoms with E-state index in [1.165, 1.54) is 0 Å². The smallest absolute Gasteiger partial charge is 0.119 e. The van der Waals surface area contributed by atoms with Gasteiger partial charge in [-0.15, -0.1) is 0 Å². The third-order valence-electron chi connectivity index (χ3n) is 2.47. The molecule has 0 atom stereocenters. The first-order valence-corrected chi connectivity index (χ1v) is 5.44. The quantitative estimate of drug-likeness (QED) is 0.849. The van der Waals surface area contributed by atoms with Crippen LogP contribution in [0, 0.1) is 0 Å². The first-order valence-electron chi connectivity index (χ1n) is 5.44. The van der Waals surface area contributed by atoms with Crippen LogP contribution in [0.1, 0.15) is 5.56 Å². The Morgan fingerprint density at radius 3 is 2.29 bits per heavy atom. The Kier molecular flexibility index (Phi) is 3.50. The number of rotatable bonds is 4. The monoisotopic (exact) mass is 230 g/mol. The van der Waals surface area contributed by atoms with Crippen LogP contribution in [0.2, 0.25) is 0 Å². The molecule has 2 aromatic carbocycles. The Labute approximate surface area is 99.9 Å². The molecule has 0 amide bonds. The average Bonchev–Trinajstić information content (AvgIpc) is 2.34. The van der Waals surface area contributed by atoms with E-state index < -0.39 is 0 Å². The minimum Gasteiger partial charge on any atom is -0.508 e. The van der Waals surface area contributed by atoms with Crippen LogP contribution in [0.25, 0.3) is 0 Å². The normalized spacial score (nSPS) is 10.1. The van der Waals surface area contributed by atoms with Crippen molar-refractivity contribution >= 4 is 0 Å². The zero-order valence-corrected chi connectivity index (χ0v) is 9.34. The van der Waals surface area contributed by atoms with E-state index in [9.17, 15) is 5.11 Å². The molecule has 0 spiro atoms. The minimum absolute atomic E-state index is 0.220. The summed E-state index contributed by atoms with van der Waals surface area (Å²) in [6.07, 6.45) is 0.646. The van der Waals surface area contributed by atoms with Crippen molar-refractivity contribution in [2.45, 2.75) is 6.42 Å². The average molecular weight is 230 g/mol. The lowest BCUT2D eigenvalue weighted by molar-refractivity contribution is 0.319. The van der Waals surface area contributed by atoms with Gasteiger partial charge in [-0.25, -0.2) is 0 Å². The Hall–Kier alpha value is -2.16. The summed E-state index contributed by atoms with van der Waals surface area (Å²) in [4.78, 5) is 0. The fourth-order valence-corrected chi connectivity index (χ4v) is 1.54. The summed E-state index contributed by atoms with van der Waals surface area (Å²) < 4.78 is 5.50. The number of hydrogen-bond acceptors (Lipinski definition) is 3. The molecular weight excluding hydrogens is 216 g/mol. The lowest BCUT2D eigenvalue weighted by Crippen LogP contribution is -2.01. The van der Waals surface area contributed by atoms with E-state index in [1.807, 2.05) is 12.1 Å². The molecule has 0 aliphatic carbocycles. The first kappa shape index (κ1) is 11.3. The number of benzene rings is 2. The molecule has 0 radical (unpaired) electrons. The Bertz CT molecular complexity index is 477. The molecule has 3 heteroatoms. The molecule has 0 aromatic heterocycles. The maximum atomic E-state index is 9.56. The van der Waals surface area contributed by atoms with E-state index in [0.29, 0.717) is 24.5 Å². The topological polar surface area (TPSA) is 49.7 Å². The second kappa shape index (κ2) is 5.25. The standard InChI is InChI=1S/C14H14O3/c15-12-5-7-13(8-6-12)17-10-9-11-3-1-2-4-14(11)16/h1-8,15-16H,9-10H2. The summed E-state index contributed by atoms with van der Waals surface area (Å²) >= 11 is 0. The molecule has 17 heavy (non-hydrogen) atoms. The highest BCUT2D eigenvalue weighted by molar-refractivity contribution is 5.32. The van der Waals surface area contributed by atoms with Crippen molar-refractivity contribution in [1.29, 1.82) is 0 Å². The van der Waals surface area contributed by atoms with Gasteiger partial charge < -0.3 is 14.9 Å². The molecule has 2 rings (SSSR count). The molecule has 0 heterocycles. The molecular formula is C14H14O3. The van der Waals surface area contributed by atoms with Gasteiger partial charge >= 0.3 is 0 Å². The van der Waals surface area contributed by atoms with Crippen LogP contribution in [-0.2, 0) is 6.42 Å². The lowest BCUT2D eigenvalue weighted by Gasteiger charge is -2.07. The molecule has 0 saturated carbocycles. The van der Waals surface area contributed by atoms with Gasteiger partial charge in [0.1, 0.15) is 17.2 Å². The highest BCUT2D eigenvalue weighted by atomic mass is 16.5. The molecule has 0 aliphatic heterocycles. The van der Waals surface area contributed by atoms with Crippen molar-refractivity contribution in [1.82, 2.24) is 0 Å². The minimum atomic E-state index is 0.220. The van der Waals surface area contributed by atoms with Crippen molar-refractivity contribution in [2.24, 2.45) is 0 Å². The van der Waals surface area contributed by atoms with Gasteiger partial charge in [0, 0.05) is 6.42 Å². The predicted molar refractivity (Wildman–Crippen MR) is 65.4 cm³/mol. The third kappa shape index (κ3) is 3.14. The van der Waals surface area contributed by atoms with Gasteiger partial charge in [-0.1, -0.05) is 18.2 Å². The number of aromatic hydroxyl groups is 2. The van der Waals surface area contributed by atoms with Crippen LogP contribution in [-0.4, -0.2) is 16.8 Å². The summed E-state index contributed by atoms with van der Waals surface area (Å²) in [5.74, 6) is 1.22. The highest BCUT2D eigenvalue weighted by Crippen LogP contribution is 2.18. The Morgan fingerprint density at radius 2 is 1.59 bits per heavy atom. The second-order valence-electron chi connectivity index (χ2n) is 3.72. The van der Waals surface area contributed by atoms with E-state index in [0.717, 1.165) is 5.56 Å². The van der Waals surface area contributed by atoms with Gasteiger partial charge in [-0.3, -0.25) is 0 Å². The van der Waals surface area contributed by atoms with E-state index in [-0.39, 0.29) is 5.75 Å². The van der Waals surface area contributed by atoms with Gasteiger partial charge in [0.05, 0.1) is 6.61 Å². The van der Waals surface area contributed by atoms with Gasteiger partial charge in [-0.05, 0) is 35.9 Å². The predicted octanol–water partition coefficient (Wildman–Crippen LogP) is 2.72. The zero-order valence-electron chi connectivity index (χ0n) is 9.34. The van der Waals surface area contributed by atoms with Crippen molar-refractivity contribution in [3.63, 3.8) is 0 Å². The number of hydrogen-bond donors (Lipinski definition) is 2. The molecule has 0 bridgehead atoms. The van der Waals surface area contributed by atoms with Crippen molar-refractivity contribution < 1.29 is 14.9 Å². The highest BCUT2D eigenvalue weighted by Gasteiger charge is 2.00. The molecule has 2 N–H and O–H groups in total. The van der Waals surface area contributed by atoms with E-state index in [1.54, 1.807) is 36.4 Å². The SMILES string of the molecule is Oc1ccc(OCCc2ccccc2O)cc1. The van der Waals surface area contributed by atoms with Gasteiger partial charge in [0.15, 0.2) is 0 Å². The van der Waals surface area contributed by atoms with Gasteiger partial charge in [-0.2, -0.15) is 0 Å². The van der Waals surface area contributed by atoms with Crippen LogP contribution in [0.4, 0.5) is 0 Å². The zero-order chi connectivity index (χ0) is 12.1. The number of phenols is 2. The number of ether oxygens (including phenoxy) is 1. The van der Waals surface area contributed by atoms with E-state index in [4.69, 9.17) is 9.84 Å². The van der Waals surface area contributed by atoms with Crippen molar-refractivity contribution in [3.8, 4) is 17.2 Å². The summed E-state index contributed by atoms with van der Waals surface area (Å²) in [6.45, 7) is 0.488. The van der Waals surface area contributed by atoms with E-state index in [2.05, 4.69) is 0 Å². The third-order valence-corrected chi connectivity index (χ3v) is 2.47. The molecule has 2 aromatic rings.